The Morgan fingerprint density at radius 2 is 0.472 bits per heavy atom. The molecule has 42 heteroatoms. The third kappa shape index (κ3) is 11.9. The standard InChI is InChI=1S/2C33H18BF15N2O3/c2*1-53-13-9-7-12(8-10-13)51-33(52)50(11-5-3-2-4-6-11)32(14-17(35)23(41)29(47)24(42)18(14)36)54-34(51,15-19(37)25(43)30(48)26(44)20(15)38)16-21(39)27(45)31(49)28(46)22(16)40/h2*7-11H,2-6H2,1H3. The number of benzene rings is 8. The predicted molar refractivity (Wildman–Crippen MR) is 314 cm³/mol. The Labute approximate surface area is 583 Å². The molecule has 2 aliphatic carbocycles. The van der Waals surface area contributed by atoms with Crippen molar-refractivity contribution < 1.29 is 169 Å². The largest absolute Gasteiger partial charge is 0.640 e. The topological polar surface area (TPSA) is 83.6 Å². The summed E-state index contributed by atoms with van der Waals surface area (Å²) in [4.78, 5) is 29.3. The molecule has 108 heavy (non-hydrogen) atoms. The van der Waals surface area contributed by atoms with Crippen molar-refractivity contribution in [3.8, 4) is 11.5 Å². The van der Waals surface area contributed by atoms with E-state index >= 15 is 87.8 Å². The fraction of sp³-hybridized carbons (Fsp3) is 0.212. The van der Waals surface area contributed by atoms with Crippen LogP contribution in [0, 0.1) is 175 Å². The Bertz CT molecular complexity index is 4570. The van der Waals surface area contributed by atoms with E-state index in [-0.39, 0.29) is 81.6 Å². The zero-order chi connectivity index (χ0) is 79.4. The van der Waals surface area contributed by atoms with E-state index in [9.17, 15) is 53.5 Å². The van der Waals surface area contributed by atoms with Crippen molar-refractivity contribution in [2.75, 3.05) is 23.8 Å². The maximum Gasteiger partial charge on any atom is 0.458 e. The van der Waals surface area contributed by atoms with E-state index in [0.717, 1.165) is 62.8 Å². The molecular weight excluding hydrogens is 1540 g/mol. The Morgan fingerprint density at radius 3 is 0.667 bits per heavy atom. The molecule has 2 saturated carbocycles. The van der Waals surface area contributed by atoms with E-state index in [4.69, 9.17) is 18.8 Å². The van der Waals surface area contributed by atoms with Gasteiger partial charge >= 0.3 is 25.0 Å². The lowest BCUT2D eigenvalue weighted by atomic mass is 9.38. The third-order valence-corrected chi connectivity index (χ3v) is 18.5. The summed E-state index contributed by atoms with van der Waals surface area (Å²) in [6.45, 7) is -11.9. The first-order valence-corrected chi connectivity index (χ1v) is 30.9. The van der Waals surface area contributed by atoms with Gasteiger partial charge in [-0.05, 0) is 122 Å². The summed E-state index contributed by atoms with van der Waals surface area (Å²) in [5.74, 6) is -92.8. The van der Waals surface area contributed by atoms with Gasteiger partial charge in [-0.1, -0.05) is 12.8 Å². The van der Waals surface area contributed by atoms with Gasteiger partial charge in [0.15, 0.2) is 116 Å². The van der Waals surface area contributed by atoms with Gasteiger partial charge in [0.1, 0.15) is 81.2 Å². The molecule has 10 nitrogen and oxygen atoms in total. The van der Waals surface area contributed by atoms with E-state index in [0.29, 0.717) is 12.8 Å². The van der Waals surface area contributed by atoms with Gasteiger partial charge in [0, 0.05) is 0 Å². The van der Waals surface area contributed by atoms with Gasteiger partial charge in [-0.15, -0.1) is 0 Å². The molecule has 8 aromatic rings. The summed E-state index contributed by atoms with van der Waals surface area (Å²) in [5.41, 5.74) is -17.1. The highest BCUT2D eigenvalue weighted by atomic mass is 19.2. The Balaban J connectivity index is 0.000000215. The fourth-order valence-corrected chi connectivity index (χ4v) is 13.6. The number of rotatable bonds is 12. The summed E-state index contributed by atoms with van der Waals surface area (Å²) in [6, 6.07) is -0.386. The number of amides is 4. The van der Waals surface area contributed by atoms with Gasteiger partial charge in [-0.2, -0.15) is 9.15 Å². The Hall–Kier alpha value is -10.7. The van der Waals surface area contributed by atoms with Gasteiger partial charge in [-0.25, -0.2) is 141 Å². The van der Waals surface area contributed by atoms with Crippen LogP contribution in [0.4, 0.5) is 153 Å². The van der Waals surface area contributed by atoms with Crippen LogP contribution >= 0.6 is 0 Å². The van der Waals surface area contributed by atoms with Crippen LogP contribution in [0.1, 0.15) is 75.3 Å². The molecule has 0 bridgehead atoms. The number of nitrogens with zero attached hydrogens (tertiary/aromatic N) is 4. The number of urea groups is 2. The lowest BCUT2D eigenvalue weighted by molar-refractivity contribution is -0.484. The van der Waals surface area contributed by atoms with E-state index in [1.165, 1.54) is 0 Å². The van der Waals surface area contributed by atoms with Crippen molar-refractivity contribution in [1.29, 1.82) is 0 Å². The summed E-state index contributed by atoms with van der Waals surface area (Å²) >= 11 is 0. The van der Waals surface area contributed by atoms with Crippen molar-refractivity contribution in [3.63, 3.8) is 0 Å². The number of ether oxygens (including phenoxy) is 2. The van der Waals surface area contributed by atoms with Crippen molar-refractivity contribution in [2.24, 2.45) is 0 Å². The molecule has 0 spiro atoms. The smallest absolute Gasteiger partial charge is 0.458 e. The van der Waals surface area contributed by atoms with Crippen LogP contribution in [0.3, 0.4) is 0 Å². The van der Waals surface area contributed by atoms with Crippen LogP contribution < -0.4 is 40.9 Å². The number of hydrogen-bond donors (Lipinski definition) is 0. The average molecular weight is 1570 g/mol. The lowest BCUT2D eigenvalue weighted by Gasteiger charge is -2.50. The number of carbonyl (C=O) groups is 2. The van der Waals surface area contributed by atoms with Crippen molar-refractivity contribution in [1.82, 2.24) is 0 Å². The second-order valence-electron chi connectivity index (χ2n) is 24.2. The molecule has 0 saturated heterocycles. The molecular formula is C66H36B2F30N4O6. The number of anilines is 2. The summed E-state index contributed by atoms with van der Waals surface area (Å²) in [7, 11) is 2.19. The Kier molecular flexibility index (Phi) is 21.1. The van der Waals surface area contributed by atoms with E-state index in [1.54, 1.807) is 0 Å². The minimum atomic E-state index is -5.93. The number of carbonyl (C=O) groups excluding carboxylic acids is 2. The molecule has 0 unspecified atom stereocenters. The molecule has 0 aromatic heterocycles. The molecule has 0 atom stereocenters. The minimum Gasteiger partial charge on any atom is -0.640 e. The summed E-state index contributed by atoms with van der Waals surface area (Å²) in [6.07, 6.45) is 0.764. The first-order chi connectivity index (χ1) is 50.9. The molecule has 0 N–H and O–H groups in total. The molecule has 12 rings (SSSR count). The summed E-state index contributed by atoms with van der Waals surface area (Å²) in [5, 5.41) is 0. The first-order valence-electron chi connectivity index (χ1n) is 30.9. The van der Waals surface area contributed by atoms with Crippen LogP contribution in [-0.2, 0) is 9.31 Å². The van der Waals surface area contributed by atoms with Crippen molar-refractivity contribution >= 4 is 70.1 Å². The molecule has 8 aromatic carbocycles. The van der Waals surface area contributed by atoms with Gasteiger partial charge in [0.2, 0.25) is 11.6 Å². The maximum absolute atomic E-state index is 16.1. The average Bonchev–Trinajstić information content (AvgIpc) is 0.691. The second-order valence-corrected chi connectivity index (χ2v) is 24.2. The van der Waals surface area contributed by atoms with Crippen LogP contribution in [0.15, 0.2) is 48.5 Å². The normalized spacial score (nSPS) is 16.3. The second kappa shape index (κ2) is 29.1. The van der Waals surface area contributed by atoms with Crippen LogP contribution in [0.5, 0.6) is 11.5 Å². The van der Waals surface area contributed by atoms with Crippen LogP contribution in [0.2, 0.25) is 0 Å². The molecule has 572 valence electrons. The minimum absolute atomic E-state index is 0.104. The fourth-order valence-electron chi connectivity index (χ4n) is 13.6. The molecule has 2 heterocycles. The molecule has 0 radical (unpaired) electrons. The zero-order valence-electron chi connectivity index (χ0n) is 53.6. The molecule has 2 aliphatic heterocycles. The highest BCUT2D eigenvalue weighted by Crippen LogP contribution is 2.42. The maximum atomic E-state index is 16.1. The number of halogens is 30. The quantitative estimate of drug-likeness (QED) is 0.0398. The lowest BCUT2D eigenvalue weighted by Crippen LogP contribution is -2.81. The summed E-state index contributed by atoms with van der Waals surface area (Å²) < 4.78 is 479. The molecule has 4 aliphatic rings. The van der Waals surface area contributed by atoms with E-state index in [1.807, 2.05) is 0 Å². The highest BCUT2D eigenvalue weighted by molar-refractivity contribution is 7.04. The number of methoxy groups -OCH3 is 2. The highest BCUT2D eigenvalue weighted by Gasteiger charge is 2.65. The third-order valence-electron chi connectivity index (χ3n) is 18.5. The Morgan fingerprint density at radius 1 is 0.287 bits per heavy atom. The van der Waals surface area contributed by atoms with Crippen molar-refractivity contribution in [3.05, 3.63) is 234 Å². The predicted octanol–water partition coefficient (Wildman–Crippen LogP) is 15.6. The van der Waals surface area contributed by atoms with Gasteiger partial charge in [0.25, 0.3) is 11.8 Å². The number of hydrogen-bond acceptors (Lipinski definition) is 6. The van der Waals surface area contributed by atoms with E-state index in [2.05, 4.69) is 0 Å². The molecule has 4 amide bonds. The van der Waals surface area contributed by atoms with Crippen molar-refractivity contribution in [2.45, 2.75) is 76.3 Å². The van der Waals surface area contributed by atoms with Gasteiger partial charge in [0.05, 0.1) is 25.6 Å². The van der Waals surface area contributed by atoms with Gasteiger partial charge in [-0.3, -0.25) is 0 Å². The van der Waals surface area contributed by atoms with E-state index < -0.39 is 268 Å². The van der Waals surface area contributed by atoms with Gasteiger partial charge < -0.3 is 28.4 Å². The monoisotopic (exact) mass is 1570 g/mol. The van der Waals surface area contributed by atoms with Crippen LogP contribution in [-0.4, -0.2) is 72.3 Å². The first kappa shape index (κ1) is 78.3. The SMILES string of the molecule is COc1ccc(N2C(=O)[N+](C3CCCCC3)=C(c3c(F)c(F)c(F)c(F)c3F)O[B-]2(c2c(F)c(F)c(F)c(F)c2F)c2c(F)c(F)c(F)c(F)c2F)cc1.COc1ccc(N2C(=O)[N+](C3CCCCC3)=C(c3c(F)c(F)c(F)c(F)c3F)O[B-]2(c2c(F)c(F)c(F)c(F)c2F)c2c(F)c(F)c(F)c(F)c2F)cc1. The molecule has 2 fully saturated rings. The zero-order valence-corrected chi connectivity index (χ0v) is 53.6. The van der Waals surface area contributed by atoms with Crippen LogP contribution in [0.25, 0.3) is 0 Å².